The number of benzene rings is 1. The number of pyridine rings is 2. The third-order valence-electron chi connectivity index (χ3n) is 5.04. The van der Waals surface area contributed by atoms with Gasteiger partial charge < -0.3 is 15.1 Å². The van der Waals surface area contributed by atoms with Gasteiger partial charge in [0.1, 0.15) is 11.6 Å². The number of aryl methyl sites for hydroxylation is 2. The van der Waals surface area contributed by atoms with E-state index in [1.165, 1.54) is 11.1 Å². The third kappa shape index (κ3) is 4.54. The van der Waals surface area contributed by atoms with Crippen LogP contribution >= 0.6 is 0 Å². The maximum Gasteiger partial charge on any atom is 0.254 e. The van der Waals surface area contributed by atoms with Gasteiger partial charge in [-0.25, -0.2) is 9.97 Å². The van der Waals surface area contributed by atoms with Crippen LogP contribution in [0.3, 0.4) is 0 Å². The number of carbonyl (C=O) groups excluding carboxylic acids is 1. The van der Waals surface area contributed by atoms with Crippen molar-refractivity contribution >= 4 is 23.2 Å². The van der Waals surface area contributed by atoms with Crippen molar-refractivity contribution in [2.45, 2.75) is 13.8 Å². The standard InChI is InChI=1S/C23H25N5O/c1-17-13-18(2)15-20(14-17)26-21-16-19(6-8-24-21)23(29)28-11-9-27(10-12-28)22-5-3-4-7-25-22/h3-8,13-16H,9-12H2,1-2H3,(H,24,26). The third-order valence-corrected chi connectivity index (χ3v) is 5.04. The van der Waals surface area contributed by atoms with E-state index in [1.54, 1.807) is 18.5 Å². The zero-order chi connectivity index (χ0) is 20.2. The number of piperazine rings is 1. The van der Waals surface area contributed by atoms with E-state index in [0.29, 0.717) is 24.5 Å². The van der Waals surface area contributed by atoms with E-state index in [0.717, 1.165) is 24.6 Å². The second-order valence-electron chi connectivity index (χ2n) is 7.40. The predicted molar refractivity (Wildman–Crippen MR) is 116 cm³/mol. The molecule has 1 aromatic carbocycles. The monoisotopic (exact) mass is 387 g/mol. The fourth-order valence-electron chi connectivity index (χ4n) is 3.69. The van der Waals surface area contributed by atoms with Crippen molar-refractivity contribution in [3.05, 3.63) is 77.6 Å². The first-order valence-corrected chi connectivity index (χ1v) is 9.85. The molecule has 3 aromatic rings. The Morgan fingerprint density at radius 2 is 1.66 bits per heavy atom. The SMILES string of the molecule is Cc1cc(C)cc(Nc2cc(C(=O)N3CCN(c4ccccn4)CC3)ccn2)c1. The molecule has 1 aliphatic rings. The lowest BCUT2D eigenvalue weighted by atomic mass is 10.1. The summed E-state index contributed by atoms with van der Waals surface area (Å²) in [6, 6.07) is 15.8. The first-order chi connectivity index (χ1) is 14.1. The minimum Gasteiger partial charge on any atom is -0.353 e. The zero-order valence-corrected chi connectivity index (χ0v) is 16.8. The normalized spacial score (nSPS) is 14.0. The Kier molecular flexibility index (Phi) is 5.42. The number of nitrogens with one attached hydrogen (secondary N) is 1. The summed E-state index contributed by atoms with van der Waals surface area (Å²) >= 11 is 0. The first-order valence-electron chi connectivity index (χ1n) is 9.85. The van der Waals surface area contributed by atoms with Crippen LogP contribution in [0.5, 0.6) is 0 Å². The van der Waals surface area contributed by atoms with Gasteiger partial charge in [-0.05, 0) is 61.4 Å². The lowest BCUT2D eigenvalue weighted by molar-refractivity contribution is 0.0746. The molecule has 29 heavy (non-hydrogen) atoms. The van der Waals surface area contributed by atoms with E-state index >= 15 is 0 Å². The molecule has 0 atom stereocenters. The minimum absolute atomic E-state index is 0.0385. The lowest BCUT2D eigenvalue weighted by Crippen LogP contribution is -2.49. The molecule has 148 valence electrons. The summed E-state index contributed by atoms with van der Waals surface area (Å²) in [4.78, 5) is 25.9. The maximum atomic E-state index is 13.0. The van der Waals surface area contributed by atoms with Crippen molar-refractivity contribution in [2.75, 3.05) is 36.4 Å². The van der Waals surface area contributed by atoms with E-state index in [9.17, 15) is 4.79 Å². The molecule has 0 saturated carbocycles. The molecule has 6 heteroatoms. The van der Waals surface area contributed by atoms with Crippen LogP contribution in [-0.2, 0) is 0 Å². The molecule has 1 amide bonds. The highest BCUT2D eigenvalue weighted by atomic mass is 16.2. The van der Waals surface area contributed by atoms with Crippen LogP contribution in [0.25, 0.3) is 0 Å². The summed E-state index contributed by atoms with van der Waals surface area (Å²) in [6.07, 6.45) is 3.48. The van der Waals surface area contributed by atoms with Crippen LogP contribution < -0.4 is 10.2 Å². The molecule has 0 unspecified atom stereocenters. The molecule has 6 nitrogen and oxygen atoms in total. The second kappa shape index (κ2) is 8.31. The van der Waals surface area contributed by atoms with E-state index in [2.05, 4.69) is 52.2 Å². The predicted octanol–water partition coefficient (Wildman–Crippen LogP) is 3.80. The Bertz CT molecular complexity index is 977. The highest BCUT2D eigenvalue weighted by Crippen LogP contribution is 2.20. The molecule has 1 saturated heterocycles. The number of carbonyl (C=O) groups is 1. The van der Waals surface area contributed by atoms with Crippen molar-refractivity contribution in [3.8, 4) is 0 Å². The number of nitrogens with zero attached hydrogens (tertiary/aromatic N) is 4. The highest BCUT2D eigenvalue weighted by Gasteiger charge is 2.23. The van der Waals surface area contributed by atoms with E-state index in [1.807, 2.05) is 29.2 Å². The number of hydrogen-bond acceptors (Lipinski definition) is 5. The topological polar surface area (TPSA) is 61.4 Å². The average Bonchev–Trinajstić information content (AvgIpc) is 2.73. The molecule has 0 bridgehead atoms. The van der Waals surface area contributed by atoms with E-state index < -0.39 is 0 Å². The quantitative estimate of drug-likeness (QED) is 0.738. The summed E-state index contributed by atoms with van der Waals surface area (Å²) in [6.45, 7) is 7.05. The van der Waals surface area contributed by atoms with Crippen molar-refractivity contribution in [2.24, 2.45) is 0 Å². The Morgan fingerprint density at radius 1 is 0.897 bits per heavy atom. The molecular formula is C23H25N5O. The number of hydrogen-bond donors (Lipinski definition) is 1. The second-order valence-corrected chi connectivity index (χ2v) is 7.40. The fourth-order valence-corrected chi connectivity index (χ4v) is 3.69. The van der Waals surface area contributed by atoms with Gasteiger partial charge in [0.15, 0.2) is 0 Å². The van der Waals surface area contributed by atoms with Crippen molar-refractivity contribution in [3.63, 3.8) is 0 Å². The van der Waals surface area contributed by atoms with Gasteiger partial charge in [0.25, 0.3) is 5.91 Å². The Labute approximate surface area is 171 Å². The molecule has 1 fully saturated rings. The summed E-state index contributed by atoms with van der Waals surface area (Å²) in [5.74, 6) is 1.67. The Balaban J connectivity index is 1.42. The molecule has 1 N–H and O–H groups in total. The lowest BCUT2D eigenvalue weighted by Gasteiger charge is -2.35. The molecule has 0 radical (unpaired) electrons. The van der Waals surface area contributed by atoms with Crippen LogP contribution in [0.15, 0.2) is 60.9 Å². The van der Waals surface area contributed by atoms with Gasteiger partial charge in [0.05, 0.1) is 0 Å². The zero-order valence-electron chi connectivity index (χ0n) is 16.8. The molecule has 0 spiro atoms. The van der Waals surface area contributed by atoms with Crippen LogP contribution in [0.4, 0.5) is 17.3 Å². The van der Waals surface area contributed by atoms with Crippen LogP contribution in [0.1, 0.15) is 21.5 Å². The van der Waals surface area contributed by atoms with Gasteiger partial charge in [-0.3, -0.25) is 4.79 Å². The Morgan fingerprint density at radius 3 is 2.34 bits per heavy atom. The van der Waals surface area contributed by atoms with Gasteiger partial charge in [-0.1, -0.05) is 12.1 Å². The van der Waals surface area contributed by atoms with Gasteiger partial charge in [0, 0.05) is 49.8 Å². The van der Waals surface area contributed by atoms with Gasteiger partial charge >= 0.3 is 0 Å². The van der Waals surface area contributed by atoms with Crippen LogP contribution in [0.2, 0.25) is 0 Å². The maximum absolute atomic E-state index is 13.0. The molecule has 3 heterocycles. The molecular weight excluding hydrogens is 362 g/mol. The average molecular weight is 387 g/mol. The number of amides is 1. The summed E-state index contributed by atoms with van der Waals surface area (Å²) in [5.41, 5.74) is 4.00. The highest BCUT2D eigenvalue weighted by molar-refractivity contribution is 5.95. The van der Waals surface area contributed by atoms with Gasteiger partial charge in [-0.2, -0.15) is 0 Å². The number of aromatic nitrogens is 2. The smallest absolute Gasteiger partial charge is 0.254 e. The van der Waals surface area contributed by atoms with Crippen LogP contribution in [-0.4, -0.2) is 47.0 Å². The van der Waals surface area contributed by atoms with Crippen LogP contribution in [0, 0.1) is 13.8 Å². The molecule has 4 rings (SSSR count). The number of anilines is 3. The Hall–Kier alpha value is -3.41. The summed E-state index contributed by atoms with van der Waals surface area (Å²) in [5, 5.41) is 3.31. The van der Waals surface area contributed by atoms with Gasteiger partial charge in [0.2, 0.25) is 0 Å². The van der Waals surface area contributed by atoms with E-state index in [-0.39, 0.29) is 5.91 Å². The minimum atomic E-state index is 0.0385. The van der Waals surface area contributed by atoms with Crippen molar-refractivity contribution < 1.29 is 4.79 Å². The molecule has 1 aliphatic heterocycles. The summed E-state index contributed by atoms with van der Waals surface area (Å²) in [7, 11) is 0. The van der Waals surface area contributed by atoms with Crippen molar-refractivity contribution in [1.82, 2.24) is 14.9 Å². The van der Waals surface area contributed by atoms with Gasteiger partial charge in [-0.15, -0.1) is 0 Å². The fraction of sp³-hybridized carbons (Fsp3) is 0.261. The first kappa shape index (κ1) is 18.9. The number of rotatable bonds is 4. The van der Waals surface area contributed by atoms with Crippen molar-refractivity contribution in [1.29, 1.82) is 0 Å². The summed E-state index contributed by atoms with van der Waals surface area (Å²) < 4.78 is 0. The molecule has 0 aliphatic carbocycles. The van der Waals surface area contributed by atoms with E-state index in [4.69, 9.17) is 0 Å². The largest absolute Gasteiger partial charge is 0.353 e. The molecule has 2 aromatic heterocycles.